The smallest absolute Gasteiger partial charge is 0.412 e. The van der Waals surface area contributed by atoms with Crippen molar-refractivity contribution in [1.29, 1.82) is 0 Å². The second-order valence-corrected chi connectivity index (χ2v) is 6.71. The first kappa shape index (κ1) is 21.4. The van der Waals surface area contributed by atoms with Gasteiger partial charge in [0.25, 0.3) is 0 Å². The van der Waals surface area contributed by atoms with E-state index in [9.17, 15) is 26.3 Å². The molecule has 0 aliphatic carbocycles. The van der Waals surface area contributed by atoms with E-state index in [-0.39, 0.29) is 32.7 Å². The summed E-state index contributed by atoms with van der Waals surface area (Å²) in [6.07, 6.45) is -10.7. The van der Waals surface area contributed by atoms with Gasteiger partial charge in [0.2, 0.25) is 6.04 Å². The van der Waals surface area contributed by atoms with Crippen molar-refractivity contribution in [1.82, 2.24) is 15.0 Å². The molecule has 0 radical (unpaired) electrons. The van der Waals surface area contributed by atoms with Gasteiger partial charge < -0.3 is 9.26 Å². The molecule has 2 heterocycles. The molecule has 0 atom stereocenters. The zero-order valence-corrected chi connectivity index (χ0v) is 15.4. The number of hydrogen-bond donors (Lipinski definition) is 0. The van der Waals surface area contributed by atoms with Crippen LogP contribution in [0.15, 0.2) is 34.9 Å². The minimum Gasteiger partial charge on any atom is -0.497 e. The number of nitrogens with zero attached hydrogens (tertiary/aromatic N) is 3. The zero-order valence-electron chi connectivity index (χ0n) is 15.4. The standard InChI is InChI=1S/C18H19F6N3O2/c1-28-14-4-2-12(3-5-14)15-10-13(25-29-15)11-26-6-8-27(9-7-26)16(17(19,20)21)18(22,23)24/h2-5,10,16H,6-9,11H2,1H3. The Bertz CT molecular complexity index is 781. The van der Waals surface area contributed by atoms with Crippen LogP contribution in [0.25, 0.3) is 11.3 Å². The Morgan fingerprint density at radius 3 is 2.10 bits per heavy atom. The number of hydrogen-bond acceptors (Lipinski definition) is 5. The number of methoxy groups -OCH3 is 1. The van der Waals surface area contributed by atoms with Gasteiger partial charge in [0.05, 0.1) is 12.8 Å². The maximum absolute atomic E-state index is 12.9. The molecule has 11 heteroatoms. The fourth-order valence-corrected chi connectivity index (χ4v) is 3.29. The molecular weight excluding hydrogens is 404 g/mol. The molecule has 5 nitrogen and oxygen atoms in total. The van der Waals surface area contributed by atoms with Crippen molar-refractivity contribution in [2.24, 2.45) is 0 Å². The van der Waals surface area contributed by atoms with Crippen molar-refractivity contribution >= 4 is 0 Å². The molecular formula is C18H19F6N3O2. The quantitative estimate of drug-likeness (QED) is 0.681. The lowest BCUT2D eigenvalue weighted by Crippen LogP contribution is -2.60. The van der Waals surface area contributed by atoms with Gasteiger partial charge >= 0.3 is 12.4 Å². The summed E-state index contributed by atoms with van der Waals surface area (Å²) >= 11 is 0. The maximum atomic E-state index is 12.9. The van der Waals surface area contributed by atoms with Crippen LogP contribution in [0.2, 0.25) is 0 Å². The van der Waals surface area contributed by atoms with E-state index in [1.54, 1.807) is 42.3 Å². The Balaban J connectivity index is 1.59. The summed E-state index contributed by atoms with van der Waals surface area (Å²) in [5.74, 6) is 1.19. The molecule has 29 heavy (non-hydrogen) atoms. The highest BCUT2D eigenvalue weighted by molar-refractivity contribution is 5.58. The van der Waals surface area contributed by atoms with Gasteiger partial charge in [-0.05, 0) is 24.3 Å². The Morgan fingerprint density at radius 2 is 1.59 bits per heavy atom. The van der Waals surface area contributed by atoms with Gasteiger partial charge in [0.1, 0.15) is 5.75 Å². The van der Waals surface area contributed by atoms with E-state index in [0.717, 1.165) is 5.56 Å². The Hall–Kier alpha value is -2.27. The molecule has 1 fully saturated rings. The molecule has 3 rings (SSSR count). The van der Waals surface area contributed by atoms with Crippen LogP contribution in [0, 0.1) is 0 Å². The Kier molecular flexibility index (Phi) is 6.08. The fraction of sp³-hybridized carbons (Fsp3) is 0.500. The lowest BCUT2D eigenvalue weighted by molar-refractivity contribution is -0.289. The van der Waals surface area contributed by atoms with Gasteiger partial charge in [-0.25, -0.2) is 0 Å². The summed E-state index contributed by atoms with van der Waals surface area (Å²) in [5.41, 5.74) is 1.32. The number of rotatable bonds is 5. The number of piperazine rings is 1. The van der Waals surface area contributed by atoms with Crippen molar-refractivity contribution in [2.75, 3.05) is 33.3 Å². The minimum atomic E-state index is -5.36. The number of alkyl halides is 6. The molecule has 1 aromatic heterocycles. The van der Waals surface area contributed by atoms with Crippen molar-refractivity contribution in [3.63, 3.8) is 0 Å². The third-order valence-corrected chi connectivity index (χ3v) is 4.71. The first-order valence-electron chi connectivity index (χ1n) is 8.78. The molecule has 1 aromatic carbocycles. The summed E-state index contributed by atoms with van der Waals surface area (Å²) in [4.78, 5) is 2.18. The SMILES string of the molecule is COc1ccc(-c2cc(CN3CCN(C(C(F)(F)F)C(F)(F)F)CC3)no2)cc1. The number of ether oxygens (including phenoxy) is 1. The van der Waals surface area contributed by atoms with Gasteiger partial charge in [-0.3, -0.25) is 9.80 Å². The summed E-state index contributed by atoms with van der Waals surface area (Å²) in [6.45, 7) is -0.281. The molecule has 0 amide bonds. The summed E-state index contributed by atoms with van der Waals surface area (Å²) in [6, 6.07) is 5.35. The second kappa shape index (κ2) is 8.23. The van der Waals surface area contributed by atoms with E-state index >= 15 is 0 Å². The lowest BCUT2D eigenvalue weighted by atomic mass is 10.1. The van der Waals surface area contributed by atoms with Crippen LogP contribution < -0.4 is 4.74 Å². The molecule has 0 unspecified atom stereocenters. The average Bonchev–Trinajstić information content (AvgIpc) is 3.09. The molecule has 160 valence electrons. The molecule has 1 aliphatic rings. The zero-order chi connectivity index (χ0) is 21.2. The maximum Gasteiger partial charge on any atom is 0.412 e. The van der Waals surface area contributed by atoms with Crippen molar-refractivity contribution in [3.05, 3.63) is 36.0 Å². The first-order chi connectivity index (χ1) is 13.6. The van der Waals surface area contributed by atoms with Crippen LogP contribution in [-0.2, 0) is 6.54 Å². The van der Waals surface area contributed by atoms with Gasteiger partial charge in [0, 0.05) is 44.4 Å². The minimum absolute atomic E-state index is 0.0629. The lowest BCUT2D eigenvalue weighted by Gasteiger charge is -2.40. The van der Waals surface area contributed by atoms with Crippen molar-refractivity contribution < 1.29 is 35.6 Å². The van der Waals surface area contributed by atoms with Crippen LogP contribution in [-0.4, -0.2) is 66.6 Å². The largest absolute Gasteiger partial charge is 0.497 e. The number of benzene rings is 1. The van der Waals surface area contributed by atoms with E-state index < -0.39 is 18.4 Å². The fourth-order valence-electron chi connectivity index (χ4n) is 3.29. The van der Waals surface area contributed by atoms with Gasteiger partial charge in [0.15, 0.2) is 5.76 Å². The van der Waals surface area contributed by atoms with Gasteiger partial charge in [-0.15, -0.1) is 0 Å². The summed E-state index contributed by atoms with van der Waals surface area (Å²) < 4.78 is 87.5. The highest BCUT2D eigenvalue weighted by Crippen LogP contribution is 2.37. The molecule has 0 bridgehead atoms. The van der Waals surface area contributed by atoms with Gasteiger partial charge in [-0.1, -0.05) is 5.16 Å². The summed E-state index contributed by atoms with van der Waals surface area (Å²) in [5, 5.41) is 3.94. The van der Waals surface area contributed by atoms with Crippen LogP contribution in [0.4, 0.5) is 26.3 Å². The van der Waals surface area contributed by atoms with Crippen LogP contribution >= 0.6 is 0 Å². The monoisotopic (exact) mass is 423 g/mol. The van der Waals surface area contributed by atoms with Crippen LogP contribution in [0.1, 0.15) is 5.69 Å². The third kappa shape index (κ3) is 5.21. The number of halogens is 6. The van der Waals surface area contributed by atoms with Crippen molar-refractivity contribution in [3.8, 4) is 17.1 Å². The predicted molar refractivity (Wildman–Crippen MR) is 91.2 cm³/mol. The van der Waals surface area contributed by atoms with Crippen LogP contribution in [0.3, 0.4) is 0 Å². The van der Waals surface area contributed by atoms with Gasteiger partial charge in [-0.2, -0.15) is 26.3 Å². The molecule has 1 saturated heterocycles. The van der Waals surface area contributed by atoms with E-state index in [2.05, 4.69) is 5.16 Å². The number of aromatic nitrogens is 1. The highest BCUT2D eigenvalue weighted by Gasteiger charge is 2.59. The van der Waals surface area contributed by atoms with Crippen LogP contribution in [0.5, 0.6) is 5.75 Å². The van der Waals surface area contributed by atoms with E-state index in [4.69, 9.17) is 9.26 Å². The van der Waals surface area contributed by atoms with E-state index in [1.807, 2.05) is 0 Å². The van der Waals surface area contributed by atoms with E-state index in [1.165, 1.54) is 0 Å². The first-order valence-corrected chi connectivity index (χ1v) is 8.78. The molecule has 0 N–H and O–H groups in total. The van der Waals surface area contributed by atoms with Crippen molar-refractivity contribution in [2.45, 2.75) is 24.9 Å². The average molecular weight is 423 g/mol. The van der Waals surface area contributed by atoms with E-state index in [0.29, 0.717) is 22.1 Å². The highest BCUT2D eigenvalue weighted by atomic mass is 19.4. The molecule has 0 spiro atoms. The Labute approximate surface area is 162 Å². The molecule has 1 aliphatic heterocycles. The molecule has 0 saturated carbocycles. The second-order valence-electron chi connectivity index (χ2n) is 6.71. The summed E-state index contributed by atoms with van der Waals surface area (Å²) in [7, 11) is 1.55. The topological polar surface area (TPSA) is 41.7 Å². The third-order valence-electron chi connectivity index (χ3n) is 4.71. The normalized spacial score (nSPS) is 17.1. The molecule has 2 aromatic rings. The Morgan fingerprint density at radius 1 is 1.00 bits per heavy atom. The predicted octanol–water partition coefficient (Wildman–Crippen LogP) is 3.96.